The van der Waals surface area contributed by atoms with Crippen LogP contribution in [0.5, 0.6) is 0 Å². The molecule has 166 valence electrons. The number of halogens is 3. The summed E-state index contributed by atoms with van der Waals surface area (Å²) in [7, 11) is 1.35. The molecule has 3 rings (SSSR count). The number of amides is 1. The minimum Gasteiger partial charge on any atom is -0.374 e. The minimum atomic E-state index is -4.97. The quantitative estimate of drug-likeness (QED) is 0.503. The first-order chi connectivity index (χ1) is 14.6. The highest BCUT2D eigenvalue weighted by atomic mass is 32.2. The summed E-state index contributed by atoms with van der Waals surface area (Å²) in [5, 5.41) is 17.0. The van der Waals surface area contributed by atoms with Gasteiger partial charge < -0.3 is 19.5 Å². The molecule has 0 aliphatic carbocycles. The zero-order valence-electron chi connectivity index (χ0n) is 16.7. The summed E-state index contributed by atoms with van der Waals surface area (Å²) in [4.78, 5) is 20.4. The summed E-state index contributed by atoms with van der Waals surface area (Å²) in [6, 6.07) is 4.83. The number of hydrogen-bond acceptors (Lipinski definition) is 7. The van der Waals surface area contributed by atoms with E-state index in [1.54, 1.807) is 19.1 Å². The highest BCUT2D eigenvalue weighted by molar-refractivity contribution is 7.98. The van der Waals surface area contributed by atoms with E-state index in [0.717, 1.165) is 4.57 Å². The van der Waals surface area contributed by atoms with Gasteiger partial charge in [-0.25, -0.2) is 9.97 Å². The number of nitrogens with zero attached hydrogens (tertiary/aromatic N) is 4. The maximum atomic E-state index is 13.6. The highest BCUT2D eigenvalue weighted by Crippen LogP contribution is 2.40. The van der Waals surface area contributed by atoms with Crippen LogP contribution < -0.4 is 5.32 Å². The van der Waals surface area contributed by atoms with Gasteiger partial charge in [0.1, 0.15) is 16.6 Å². The summed E-state index contributed by atoms with van der Waals surface area (Å²) in [5.41, 5.74) is -2.32. The first-order valence-corrected chi connectivity index (χ1v) is 10.2. The number of hydrogen-bond donors (Lipinski definition) is 2. The van der Waals surface area contributed by atoms with E-state index in [1.165, 1.54) is 43.5 Å². The van der Waals surface area contributed by atoms with Gasteiger partial charge in [-0.15, -0.1) is 0 Å². The van der Waals surface area contributed by atoms with Crippen LogP contribution in [0.2, 0.25) is 0 Å². The number of carbonyl (C=O) groups excluding carboxylic acids is 1. The fraction of sp³-hybridized carbons (Fsp3) is 0.368. The summed E-state index contributed by atoms with van der Waals surface area (Å²) < 4.78 is 46.8. The van der Waals surface area contributed by atoms with Gasteiger partial charge in [0.2, 0.25) is 5.60 Å². The zero-order chi connectivity index (χ0) is 22.6. The van der Waals surface area contributed by atoms with Gasteiger partial charge in [-0.2, -0.15) is 13.2 Å². The van der Waals surface area contributed by atoms with Crippen molar-refractivity contribution in [3.8, 4) is 0 Å². The Kier molecular flexibility index (Phi) is 6.70. The van der Waals surface area contributed by atoms with Crippen LogP contribution in [-0.4, -0.2) is 43.4 Å². The molecule has 1 atom stereocenters. The van der Waals surface area contributed by atoms with E-state index < -0.39 is 36.5 Å². The van der Waals surface area contributed by atoms with E-state index >= 15 is 0 Å². The average Bonchev–Trinajstić information content (AvgIpc) is 3.33. The van der Waals surface area contributed by atoms with E-state index in [9.17, 15) is 23.1 Å². The number of pyridine rings is 1. The lowest BCUT2D eigenvalue weighted by molar-refractivity contribution is -0.272. The zero-order valence-corrected chi connectivity index (χ0v) is 17.5. The third-order valence-corrected chi connectivity index (χ3v) is 5.52. The summed E-state index contributed by atoms with van der Waals surface area (Å²) in [6.07, 6.45) is -1.78. The number of imidazole rings is 1. The van der Waals surface area contributed by atoms with Crippen molar-refractivity contribution in [3.63, 3.8) is 0 Å². The fourth-order valence-corrected chi connectivity index (χ4v) is 3.78. The van der Waals surface area contributed by atoms with Gasteiger partial charge >= 0.3 is 6.18 Å². The van der Waals surface area contributed by atoms with E-state index in [1.807, 2.05) is 0 Å². The van der Waals surface area contributed by atoms with Crippen molar-refractivity contribution in [1.82, 2.24) is 25.0 Å². The van der Waals surface area contributed by atoms with Crippen molar-refractivity contribution in [2.24, 2.45) is 7.05 Å². The van der Waals surface area contributed by atoms with Crippen LogP contribution in [0.15, 0.2) is 46.3 Å². The van der Waals surface area contributed by atoms with Crippen LogP contribution >= 0.6 is 11.8 Å². The maximum Gasteiger partial charge on any atom is 0.424 e. The molecule has 0 aliphatic rings. The van der Waals surface area contributed by atoms with E-state index in [2.05, 4.69) is 20.4 Å². The number of thioether (sulfide) groups is 1. The number of aryl methyl sites for hydroxylation is 2. The predicted molar refractivity (Wildman–Crippen MR) is 105 cm³/mol. The van der Waals surface area contributed by atoms with Crippen molar-refractivity contribution in [1.29, 1.82) is 0 Å². The van der Waals surface area contributed by atoms with Gasteiger partial charge in [-0.1, -0.05) is 16.9 Å². The molecule has 0 aromatic carbocycles. The average molecular weight is 455 g/mol. The molecule has 12 heteroatoms. The SMILES string of the molecule is Cc1cc(CSc2ncccc2C(=O)NCC[C@@](O)(c2nccn2C)C(F)(F)F)no1. The topological polar surface area (TPSA) is 106 Å². The molecule has 0 spiro atoms. The molecular weight excluding hydrogens is 435 g/mol. The van der Waals surface area contributed by atoms with Crippen molar-refractivity contribution >= 4 is 17.7 Å². The molecule has 0 fully saturated rings. The lowest BCUT2D eigenvalue weighted by Crippen LogP contribution is -2.46. The molecule has 2 N–H and O–H groups in total. The monoisotopic (exact) mass is 455 g/mol. The minimum absolute atomic E-state index is 0.209. The number of rotatable bonds is 8. The van der Waals surface area contributed by atoms with Gasteiger partial charge in [0.15, 0.2) is 0 Å². The summed E-state index contributed by atoms with van der Waals surface area (Å²) in [5.74, 6) is -0.0905. The Hall–Kier alpha value is -2.86. The molecular formula is C19H20F3N5O3S. The molecule has 3 aromatic rings. The first-order valence-electron chi connectivity index (χ1n) is 9.17. The Bertz CT molecular complexity index is 1050. The second-order valence-corrected chi connectivity index (χ2v) is 7.76. The van der Waals surface area contributed by atoms with E-state index in [0.29, 0.717) is 22.2 Å². The highest BCUT2D eigenvalue weighted by Gasteiger charge is 2.57. The van der Waals surface area contributed by atoms with E-state index in [4.69, 9.17) is 4.52 Å². The first kappa shape index (κ1) is 22.8. The molecule has 0 aliphatic heterocycles. The van der Waals surface area contributed by atoms with Crippen LogP contribution in [0.4, 0.5) is 13.2 Å². The molecule has 0 unspecified atom stereocenters. The summed E-state index contributed by atoms with van der Waals surface area (Å²) >= 11 is 1.25. The molecule has 31 heavy (non-hydrogen) atoms. The molecule has 1 amide bonds. The van der Waals surface area contributed by atoms with Crippen LogP contribution in [0.1, 0.15) is 34.1 Å². The Morgan fingerprint density at radius 3 is 2.71 bits per heavy atom. The van der Waals surface area contributed by atoms with Crippen molar-refractivity contribution in [2.45, 2.75) is 35.9 Å². The number of aliphatic hydroxyl groups is 1. The van der Waals surface area contributed by atoms with Crippen LogP contribution in [0, 0.1) is 6.92 Å². The normalized spacial score (nSPS) is 13.7. The van der Waals surface area contributed by atoms with Gasteiger partial charge in [-0.3, -0.25) is 4.79 Å². The Balaban J connectivity index is 1.67. The molecule has 0 saturated heterocycles. The van der Waals surface area contributed by atoms with E-state index in [-0.39, 0.29) is 5.56 Å². The van der Waals surface area contributed by atoms with Gasteiger partial charge in [-0.05, 0) is 19.1 Å². The molecule has 0 radical (unpaired) electrons. The predicted octanol–water partition coefficient (Wildman–Crippen LogP) is 2.97. The van der Waals surface area contributed by atoms with Crippen molar-refractivity contribution in [2.75, 3.05) is 6.54 Å². The van der Waals surface area contributed by atoms with Gasteiger partial charge in [0.05, 0.1) is 11.3 Å². The van der Waals surface area contributed by atoms with Crippen LogP contribution in [-0.2, 0) is 18.4 Å². The Labute approximate surface area is 179 Å². The molecule has 3 heterocycles. The Morgan fingerprint density at radius 1 is 1.32 bits per heavy atom. The van der Waals surface area contributed by atoms with Gasteiger partial charge in [0.25, 0.3) is 5.91 Å². The van der Waals surface area contributed by atoms with Gasteiger partial charge in [0, 0.05) is 50.4 Å². The smallest absolute Gasteiger partial charge is 0.374 e. The second kappa shape index (κ2) is 9.10. The number of carbonyl (C=O) groups is 1. The fourth-order valence-electron chi connectivity index (χ4n) is 2.90. The van der Waals surface area contributed by atoms with Crippen molar-refractivity contribution in [3.05, 3.63) is 59.6 Å². The standard InChI is InChI=1S/C19H20F3N5O3S/c1-12-10-13(26-30-12)11-31-16-14(4-3-6-24-16)15(28)23-7-5-18(29,19(20,21)22)17-25-8-9-27(17)2/h3-4,6,8-10,29H,5,7,11H2,1-2H3,(H,23,28)/t18-/m1/s1. The number of aromatic nitrogens is 4. The molecule has 0 bridgehead atoms. The van der Waals surface area contributed by atoms with Crippen molar-refractivity contribution < 1.29 is 27.6 Å². The molecule has 8 nitrogen and oxygen atoms in total. The number of nitrogens with one attached hydrogen (secondary N) is 1. The molecule has 0 saturated carbocycles. The second-order valence-electron chi connectivity index (χ2n) is 6.80. The summed E-state index contributed by atoms with van der Waals surface area (Å²) in [6.45, 7) is 1.33. The third kappa shape index (κ3) is 5.07. The maximum absolute atomic E-state index is 13.6. The largest absolute Gasteiger partial charge is 0.424 e. The third-order valence-electron chi connectivity index (χ3n) is 4.48. The van der Waals surface area contributed by atoms with Crippen LogP contribution in [0.25, 0.3) is 0 Å². The lowest BCUT2D eigenvalue weighted by Gasteiger charge is -2.30. The number of alkyl halides is 3. The lowest BCUT2D eigenvalue weighted by atomic mass is 9.97. The Morgan fingerprint density at radius 2 is 2.10 bits per heavy atom. The van der Waals surface area contributed by atoms with Crippen LogP contribution in [0.3, 0.4) is 0 Å². The molecule has 3 aromatic heterocycles.